The quantitative estimate of drug-likeness (QED) is 0.864. The molecule has 0 aromatic heterocycles. The van der Waals surface area contributed by atoms with Gasteiger partial charge in [0.05, 0.1) is 10.0 Å². The highest BCUT2D eigenvalue weighted by Crippen LogP contribution is 2.28. The number of piperidine rings is 1. The van der Waals surface area contributed by atoms with Gasteiger partial charge in [-0.15, -0.1) is 0 Å². The first-order chi connectivity index (χ1) is 8.20. The summed E-state index contributed by atoms with van der Waals surface area (Å²) in [6.45, 7) is 3.40. The van der Waals surface area contributed by atoms with Gasteiger partial charge in [0, 0.05) is 6.04 Å². The summed E-state index contributed by atoms with van der Waals surface area (Å²) >= 11 is 12.3. The second-order valence-electron chi connectivity index (χ2n) is 4.87. The molecular formula is C14H19Cl2N. The van der Waals surface area contributed by atoms with Crippen molar-refractivity contribution in [1.82, 2.24) is 5.32 Å². The highest BCUT2D eigenvalue weighted by molar-refractivity contribution is 6.42. The topological polar surface area (TPSA) is 12.0 Å². The fourth-order valence-corrected chi connectivity index (χ4v) is 2.99. The van der Waals surface area contributed by atoms with Crippen LogP contribution in [0.2, 0.25) is 10.0 Å². The summed E-state index contributed by atoms with van der Waals surface area (Å²) in [5, 5.41) is 4.95. The molecule has 94 valence electrons. The van der Waals surface area contributed by atoms with Crippen LogP contribution in [0.15, 0.2) is 18.2 Å². The van der Waals surface area contributed by atoms with Crippen molar-refractivity contribution in [1.29, 1.82) is 0 Å². The highest BCUT2D eigenvalue weighted by atomic mass is 35.5. The molecule has 1 aromatic carbocycles. The van der Waals surface area contributed by atoms with Crippen LogP contribution in [0.1, 0.15) is 31.7 Å². The average molecular weight is 272 g/mol. The van der Waals surface area contributed by atoms with Crippen LogP contribution in [0.3, 0.4) is 0 Å². The number of hydrogen-bond donors (Lipinski definition) is 1. The van der Waals surface area contributed by atoms with Crippen molar-refractivity contribution in [3.8, 4) is 0 Å². The minimum atomic E-state index is 0.546. The Balaban J connectivity index is 2.02. The monoisotopic (exact) mass is 271 g/mol. The first kappa shape index (κ1) is 13.2. The summed E-state index contributed by atoms with van der Waals surface area (Å²) in [4.78, 5) is 0. The molecule has 1 aromatic rings. The van der Waals surface area contributed by atoms with Gasteiger partial charge in [-0.05, 0) is 43.4 Å². The lowest BCUT2D eigenvalue weighted by Gasteiger charge is -2.30. The van der Waals surface area contributed by atoms with Crippen molar-refractivity contribution in [3.05, 3.63) is 33.8 Å². The van der Waals surface area contributed by atoms with Gasteiger partial charge in [0.1, 0.15) is 0 Å². The molecule has 2 rings (SSSR count). The molecule has 1 aliphatic heterocycles. The average Bonchev–Trinajstić information content (AvgIpc) is 2.35. The number of rotatable bonds is 3. The predicted octanol–water partition coefficient (Wildman–Crippen LogP) is 4.31. The Kier molecular flexibility index (Phi) is 4.72. The predicted molar refractivity (Wildman–Crippen MR) is 75.0 cm³/mol. The number of nitrogens with one attached hydrogen (secondary N) is 1. The Hall–Kier alpha value is -0.240. The van der Waals surface area contributed by atoms with E-state index in [1.165, 1.54) is 19.3 Å². The lowest BCUT2D eigenvalue weighted by Crippen LogP contribution is -2.39. The molecule has 1 nitrogen and oxygen atoms in total. The Labute approximate surface area is 114 Å². The molecule has 2 unspecified atom stereocenters. The van der Waals surface area contributed by atoms with Gasteiger partial charge in [-0.25, -0.2) is 0 Å². The van der Waals surface area contributed by atoms with Crippen LogP contribution in [0.5, 0.6) is 0 Å². The van der Waals surface area contributed by atoms with E-state index >= 15 is 0 Å². The molecule has 0 saturated carbocycles. The van der Waals surface area contributed by atoms with Crippen molar-refractivity contribution in [3.63, 3.8) is 0 Å². The van der Waals surface area contributed by atoms with E-state index in [2.05, 4.69) is 18.3 Å². The second-order valence-corrected chi connectivity index (χ2v) is 5.65. The van der Waals surface area contributed by atoms with Gasteiger partial charge in [-0.1, -0.05) is 48.7 Å². The summed E-state index contributed by atoms with van der Waals surface area (Å²) in [7, 11) is 0. The maximum Gasteiger partial charge on any atom is 0.0624 e. The summed E-state index contributed by atoms with van der Waals surface area (Å²) in [6.07, 6.45) is 4.81. The van der Waals surface area contributed by atoms with E-state index in [4.69, 9.17) is 23.2 Å². The maximum absolute atomic E-state index is 6.22. The van der Waals surface area contributed by atoms with Crippen LogP contribution in [0, 0.1) is 5.92 Å². The fourth-order valence-electron chi connectivity index (χ4n) is 2.59. The molecule has 1 N–H and O–H groups in total. The van der Waals surface area contributed by atoms with Crippen LogP contribution >= 0.6 is 23.2 Å². The Morgan fingerprint density at radius 3 is 2.94 bits per heavy atom. The Morgan fingerprint density at radius 1 is 1.35 bits per heavy atom. The lowest BCUT2D eigenvalue weighted by molar-refractivity contribution is 0.294. The normalized spacial score (nSPS) is 24.9. The van der Waals surface area contributed by atoms with Crippen LogP contribution in [-0.2, 0) is 6.42 Å². The van der Waals surface area contributed by atoms with Crippen LogP contribution in [-0.4, -0.2) is 12.6 Å². The smallest absolute Gasteiger partial charge is 0.0624 e. The molecule has 1 fully saturated rings. The SMILES string of the molecule is CCC1CCNC(Cc2cccc(Cl)c2Cl)C1. The molecular weight excluding hydrogens is 253 g/mol. The van der Waals surface area contributed by atoms with Gasteiger partial charge in [0.15, 0.2) is 0 Å². The summed E-state index contributed by atoms with van der Waals surface area (Å²) in [5.41, 5.74) is 1.16. The van der Waals surface area contributed by atoms with Crippen molar-refractivity contribution in [2.24, 2.45) is 5.92 Å². The van der Waals surface area contributed by atoms with Gasteiger partial charge in [-0.2, -0.15) is 0 Å². The first-order valence-corrected chi connectivity index (χ1v) is 7.12. The molecule has 1 aliphatic rings. The zero-order valence-electron chi connectivity index (χ0n) is 10.2. The molecule has 17 heavy (non-hydrogen) atoms. The van der Waals surface area contributed by atoms with Gasteiger partial charge in [0.25, 0.3) is 0 Å². The Bertz CT molecular complexity index is 378. The minimum absolute atomic E-state index is 0.546. The molecule has 0 spiro atoms. The van der Waals surface area contributed by atoms with Crippen molar-refractivity contribution in [2.45, 2.75) is 38.6 Å². The summed E-state index contributed by atoms with van der Waals surface area (Å²) in [6, 6.07) is 6.44. The van der Waals surface area contributed by atoms with Crippen molar-refractivity contribution >= 4 is 23.2 Å². The van der Waals surface area contributed by atoms with Crippen LogP contribution in [0.25, 0.3) is 0 Å². The minimum Gasteiger partial charge on any atom is -0.314 e. The third-order valence-corrected chi connectivity index (χ3v) is 4.54. The van der Waals surface area contributed by atoms with Crippen LogP contribution in [0.4, 0.5) is 0 Å². The van der Waals surface area contributed by atoms with Gasteiger partial charge in [0.2, 0.25) is 0 Å². The second kappa shape index (κ2) is 6.08. The van der Waals surface area contributed by atoms with Gasteiger partial charge in [-0.3, -0.25) is 0 Å². The fraction of sp³-hybridized carbons (Fsp3) is 0.571. The first-order valence-electron chi connectivity index (χ1n) is 6.37. The molecule has 0 aliphatic carbocycles. The van der Waals surface area contributed by atoms with Crippen LogP contribution < -0.4 is 5.32 Å². The standard InChI is InChI=1S/C14H19Cl2N/c1-2-10-6-7-17-12(8-10)9-11-4-3-5-13(15)14(11)16/h3-5,10,12,17H,2,6-9H2,1H3. The third kappa shape index (κ3) is 3.37. The summed E-state index contributed by atoms with van der Waals surface area (Å²) < 4.78 is 0. The maximum atomic E-state index is 6.22. The van der Waals surface area contributed by atoms with E-state index in [1.54, 1.807) is 0 Å². The molecule has 0 radical (unpaired) electrons. The third-order valence-electron chi connectivity index (χ3n) is 3.68. The van der Waals surface area contributed by atoms with E-state index in [0.717, 1.165) is 29.5 Å². The summed E-state index contributed by atoms with van der Waals surface area (Å²) in [5.74, 6) is 0.860. The van der Waals surface area contributed by atoms with Crippen molar-refractivity contribution < 1.29 is 0 Å². The molecule has 1 saturated heterocycles. The highest BCUT2D eigenvalue weighted by Gasteiger charge is 2.21. The number of halogens is 2. The van der Waals surface area contributed by atoms with E-state index in [9.17, 15) is 0 Å². The molecule has 3 heteroatoms. The Morgan fingerprint density at radius 2 is 2.18 bits per heavy atom. The van der Waals surface area contributed by atoms with E-state index in [1.807, 2.05) is 12.1 Å². The van der Waals surface area contributed by atoms with Crippen molar-refractivity contribution in [2.75, 3.05) is 6.54 Å². The van der Waals surface area contributed by atoms with E-state index in [-0.39, 0.29) is 0 Å². The zero-order valence-corrected chi connectivity index (χ0v) is 11.7. The zero-order chi connectivity index (χ0) is 12.3. The molecule has 1 heterocycles. The molecule has 2 atom stereocenters. The van der Waals surface area contributed by atoms with Gasteiger partial charge >= 0.3 is 0 Å². The molecule has 0 bridgehead atoms. The number of hydrogen-bond acceptors (Lipinski definition) is 1. The lowest BCUT2D eigenvalue weighted by atomic mass is 9.88. The van der Waals surface area contributed by atoms with E-state index in [0.29, 0.717) is 11.1 Å². The molecule has 0 amide bonds. The van der Waals surface area contributed by atoms with E-state index < -0.39 is 0 Å². The van der Waals surface area contributed by atoms with Gasteiger partial charge < -0.3 is 5.32 Å². The largest absolute Gasteiger partial charge is 0.314 e. The number of benzene rings is 1.